The van der Waals surface area contributed by atoms with Crippen molar-refractivity contribution in [2.45, 2.75) is 44.3 Å². The lowest BCUT2D eigenvalue weighted by molar-refractivity contribution is -0.133. The summed E-state index contributed by atoms with van der Waals surface area (Å²) in [5, 5.41) is 6.90. The van der Waals surface area contributed by atoms with E-state index in [9.17, 15) is 4.79 Å². The number of methoxy groups -OCH3 is 1. The molecule has 1 N–H and O–H groups in total. The number of piperidine rings is 1. The van der Waals surface area contributed by atoms with Crippen molar-refractivity contribution in [1.82, 2.24) is 20.0 Å². The maximum Gasteiger partial charge on any atom is 0.223 e. The highest BCUT2D eigenvalue weighted by molar-refractivity contribution is 5.79. The Balaban J connectivity index is 1.42. The minimum Gasteiger partial charge on any atom is -0.497 e. The molecule has 1 spiro atoms. The molecule has 2 aromatic rings. The van der Waals surface area contributed by atoms with Crippen LogP contribution in [-0.2, 0) is 17.9 Å². The fraction of sp³-hybridized carbons (Fsp3) is 0.500. The molecule has 0 atom stereocenters. The lowest BCUT2D eigenvalue weighted by Gasteiger charge is -2.45. The number of rotatable bonds is 5. The first-order chi connectivity index (χ1) is 12.7. The topological polar surface area (TPSA) is 61.5 Å². The molecule has 1 aromatic carbocycles. The van der Waals surface area contributed by atoms with E-state index in [4.69, 9.17) is 4.74 Å². The van der Waals surface area contributed by atoms with Crippen LogP contribution in [0, 0.1) is 0 Å². The van der Waals surface area contributed by atoms with Crippen molar-refractivity contribution in [2.24, 2.45) is 0 Å². The highest BCUT2D eigenvalue weighted by Crippen LogP contribution is 2.40. The van der Waals surface area contributed by atoms with Crippen molar-refractivity contribution >= 4 is 5.91 Å². The van der Waals surface area contributed by atoms with E-state index in [-0.39, 0.29) is 5.54 Å². The molecule has 3 heterocycles. The van der Waals surface area contributed by atoms with Gasteiger partial charge in [0.25, 0.3) is 0 Å². The second kappa shape index (κ2) is 7.11. The number of aromatic amines is 1. The normalized spacial score (nSPS) is 20.0. The van der Waals surface area contributed by atoms with Crippen LogP contribution in [0.5, 0.6) is 5.75 Å². The average Bonchev–Trinajstić information content (AvgIpc) is 3.28. The van der Waals surface area contributed by atoms with Crippen molar-refractivity contribution in [3.05, 3.63) is 47.8 Å². The van der Waals surface area contributed by atoms with Crippen LogP contribution in [0.3, 0.4) is 0 Å². The molecule has 1 aromatic heterocycles. The molecule has 2 aliphatic heterocycles. The van der Waals surface area contributed by atoms with Gasteiger partial charge in [-0.2, -0.15) is 5.10 Å². The number of nitrogens with one attached hydrogen (secondary N) is 1. The molecular weight excluding hydrogens is 328 g/mol. The standard InChI is InChI=1S/C20H26N4O2/c1-26-18-4-2-16(3-5-18)15-24-19(25)6-7-20(24)8-10-23(11-9-20)14-17-12-21-22-13-17/h2-5,12-13H,6-11,14-15H2,1H3,(H,21,22). The molecule has 4 rings (SSSR count). The van der Waals surface area contributed by atoms with E-state index in [1.54, 1.807) is 7.11 Å². The number of nitrogens with zero attached hydrogens (tertiary/aromatic N) is 3. The molecule has 1 amide bonds. The first-order valence-corrected chi connectivity index (χ1v) is 9.32. The molecule has 2 fully saturated rings. The van der Waals surface area contributed by atoms with Gasteiger partial charge in [-0.25, -0.2) is 0 Å². The van der Waals surface area contributed by atoms with Gasteiger partial charge in [0.05, 0.1) is 13.3 Å². The highest BCUT2D eigenvalue weighted by atomic mass is 16.5. The summed E-state index contributed by atoms with van der Waals surface area (Å²) in [4.78, 5) is 17.2. The first kappa shape index (κ1) is 17.1. The molecule has 0 bridgehead atoms. The summed E-state index contributed by atoms with van der Waals surface area (Å²) >= 11 is 0. The zero-order valence-electron chi connectivity index (χ0n) is 15.3. The minimum atomic E-state index is 0.0317. The van der Waals surface area contributed by atoms with Crippen molar-refractivity contribution < 1.29 is 9.53 Å². The predicted octanol–water partition coefficient (Wildman–Crippen LogP) is 2.58. The number of benzene rings is 1. The molecule has 2 aliphatic rings. The molecule has 0 saturated carbocycles. The van der Waals surface area contributed by atoms with Gasteiger partial charge in [-0.1, -0.05) is 12.1 Å². The van der Waals surface area contributed by atoms with Gasteiger partial charge in [0.15, 0.2) is 0 Å². The third kappa shape index (κ3) is 3.33. The third-order valence-corrected chi connectivity index (χ3v) is 5.93. The zero-order chi connectivity index (χ0) is 18.0. The monoisotopic (exact) mass is 354 g/mol. The molecular formula is C20H26N4O2. The van der Waals surface area contributed by atoms with Gasteiger partial charge in [0.1, 0.15) is 5.75 Å². The van der Waals surface area contributed by atoms with Crippen molar-refractivity contribution in [2.75, 3.05) is 20.2 Å². The van der Waals surface area contributed by atoms with Gasteiger partial charge < -0.3 is 9.64 Å². The molecule has 6 nitrogen and oxygen atoms in total. The van der Waals surface area contributed by atoms with Gasteiger partial charge in [-0.15, -0.1) is 0 Å². The Hall–Kier alpha value is -2.34. The number of hydrogen-bond acceptors (Lipinski definition) is 4. The van der Waals surface area contributed by atoms with Crippen LogP contribution in [0.25, 0.3) is 0 Å². The Morgan fingerprint density at radius 1 is 1.12 bits per heavy atom. The molecule has 0 unspecified atom stereocenters. The van der Waals surface area contributed by atoms with Gasteiger partial charge >= 0.3 is 0 Å². The number of likely N-dealkylation sites (tertiary alicyclic amines) is 2. The SMILES string of the molecule is COc1ccc(CN2C(=O)CCC23CCN(Cc2cn[nH]c2)CC3)cc1. The van der Waals surface area contributed by atoms with Crippen molar-refractivity contribution in [1.29, 1.82) is 0 Å². The average molecular weight is 354 g/mol. The largest absolute Gasteiger partial charge is 0.497 e. The van der Waals surface area contributed by atoms with E-state index >= 15 is 0 Å². The Labute approximate surface area is 154 Å². The maximum atomic E-state index is 12.6. The fourth-order valence-electron chi connectivity index (χ4n) is 4.31. The van der Waals surface area contributed by atoms with Crippen molar-refractivity contribution in [3.63, 3.8) is 0 Å². The summed E-state index contributed by atoms with van der Waals surface area (Å²) in [6.45, 7) is 3.68. The van der Waals surface area contributed by atoms with Crippen LogP contribution in [-0.4, -0.2) is 51.6 Å². The lowest BCUT2D eigenvalue weighted by Crippen LogP contribution is -2.52. The van der Waals surface area contributed by atoms with Crippen LogP contribution < -0.4 is 4.74 Å². The van der Waals surface area contributed by atoms with E-state index in [0.29, 0.717) is 18.9 Å². The van der Waals surface area contributed by atoms with Gasteiger partial charge in [0.2, 0.25) is 5.91 Å². The van der Waals surface area contributed by atoms with Gasteiger partial charge in [-0.05, 0) is 37.0 Å². The van der Waals surface area contributed by atoms with Crippen LogP contribution in [0.2, 0.25) is 0 Å². The second-order valence-corrected chi connectivity index (χ2v) is 7.43. The van der Waals surface area contributed by atoms with E-state index in [0.717, 1.165) is 44.6 Å². The fourth-order valence-corrected chi connectivity index (χ4v) is 4.31. The van der Waals surface area contributed by atoms with Crippen LogP contribution in [0.1, 0.15) is 36.8 Å². The smallest absolute Gasteiger partial charge is 0.223 e. The van der Waals surface area contributed by atoms with Crippen LogP contribution in [0.4, 0.5) is 0 Å². The van der Waals surface area contributed by atoms with Crippen LogP contribution in [0.15, 0.2) is 36.7 Å². The zero-order valence-corrected chi connectivity index (χ0v) is 15.3. The van der Waals surface area contributed by atoms with E-state index in [1.807, 2.05) is 24.5 Å². The second-order valence-electron chi connectivity index (χ2n) is 7.43. The quantitative estimate of drug-likeness (QED) is 0.896. The number of carbonyl (C=O) groups excluding carboxylic acids is 1. The number of ether oxygens (including phenoxy) is 1. The Morgan fingerprint density at radius 3 is 2.54 bits per heavy atom. The maximum absolute atomic E-state index is 12.6. The van der Waals surface area contributed by atoms with E-state index < -0.39 is 0 Å². The predicted molar refractivity (Wildman–Crippen MR) is 98.6 cm³/mol. The van der Waals surface area contributed by atoms with Crippen LogP contribution >= 0.6 is 0 Å². The molecule has 2 saturated heterocycles. The Morgan fingerprint density at radius 2 is 1.88 bits per heavy atom. The number of hydrogen-bond donors (Lipinski definition) is 1. The summed E-state index contributed by atoms with van der Waals surface area (Å²) in [7, 11) is 1.67. The molecule has 0 aliphatic carbocycles. The van der Waals surface area contributed by atoms with E-state index in [2.05, 4.69) is 32.1 Å². The number of amides is 1. The summed E-state index contributed by atoms with van der Waals surface area (Å²) in [6, 6.07) is 8.06. The van der Waals surface area contributed by atoms with Gasteiger partial charge in [-0.3, -0.25) is 14.8 Å². The summed E-state index contributed by atoms with van der Waals surface area (Å²) in [6.07, 6.45) is 7.61. The lowest BCUT2D eigenvalue weighted by atomic mass is 9.84. The number of aromatic nitrogens is 2. The summed E-state index contributed by atoms with van der Waals surface area (Å²) in [5.41, 5.74) is 2.42. The minimum absolute atomic E-state index is 0.0317. The highest BCUT2D eigenvalue weighted by Gasteiger charge is 2.46. The Bertz CT molecular complexity index is 734. The molecule has 0 radical (unpaired) electrons. The van der Waals surface area contributed by atoms with Gasteiger partial charge in [0, 0.05) is 49.9 Å². The third-order valence-electron chi connectivity index (χ3n) is 5.93. The first-order valence-electron chi connectivity index (χ1n) is 9.32. The number of H-pyrrole nitrogens is 1. The van der Waals surface area contributed by atoms with Crippen molar-refractivity contribution in [3.8, 4) is 5.75 Å². The summed E-state index contributed by atoms with van der Waals surface area (Å²) < 4.78 is 5.23. The summed E-state index contributed by atoms with van der Waals surface area (Å²) in [5.74, 6) is 1.15. The molecule has 138 valence electrons. The molecule has 26 heavy (non-hydrogen) atoms. The number of carbonyl (C=O) groups is 1. The van der Waals surface area contributed by atoms with E-state index in [1.165, 1.54) is 11.1 Å². The Kier molecular flexibility index (Phi) is 4.68. The molecule has 6 heteroatoms.